The fraction of sp³-hybridized carbons (Fsp3) is 0.944. The maximum Gasteiger partial charge on any atom is 0.229 e. The van der Waals surface area contributed by atoms with Crippen molar-refractivity contribution in [2.75, 3.05) is 0 Å². The largest absolute Gasteiger partial charge is 0.390 e. The second-order valence-corrected chi connectivity index (χ2v) is 8.58. The molecule has 4 heteroatoms. The predicted octanol–water partition coefficient (Wildman–Crippen LogP) is 2.16. The van der Waals surface area contributed by atoms with E-state index >= 15 is 0 Å². The highest BCUT2D eigenvalue weighted by Crippen LogP contribution is 2.70. The van der Waals surface area contributed by atoms with Crippen molar-refractivity contribution in [3.05, 3.63) is 0 Å². The van der Waals surface area contributed by atoms with Crippen LogP contribution >= 0.6 is 0 Å². The summed E-state index contributed by atoms with van der Waals surface area (Å²) >= 11 is 0. The second-order valence-electron chi connectivity index (χ2n) is 8.58. The lowest BCUT2D eigenvalue weighted by atomic mass is 9.70. The molecule has 122 valence electrons. The van der Waals surface area contributed by atoms with E-state index in [1.54, 1.807) is 0 Å². The van der Waals surface area contributed by atoms with E-state index in [9.17, 15) is 9.90 Å². The summed E-state index contributed by atoms with van der Waals surface area (Å²) in [5.41, 5.74) is -0.391. The Bertz CT molecular complexity index is 514. The van der Waals surface area contributed by atoms with Gasteiger partial charge in [0.2, 0.25) is 5.91 Å². The van der Waals surface area contributed by atoms with Crippen molar-refractivity contribution in [2.24, 2.45) is 29.6 Å². The number of aliphatic hydroxyl groups is 1. The minimum atomic E-state index is -0.407. The summed E-state index contributed by atoms with van der Waals surface area (Å²) in [4.78, 5) is 15.3. The van der Waals surface area contributed by atoms with Gasteiger partial charge in [0.25, 0.3) is 0 Å². The molecule has 7 atom stereocenters. The summed E-state index contributed by atoms with van der Waals surface area (Å²) in [6, 6.07) is 0.190. The van der Waals surface area contributed by atoms with Gasteiger partial charge in [-0.3, -0.25) is 4.79 Å². The van der Waals surface area contributed by atoms with Crippen LogP contribution in [-0.4, -0.2) is 39.9 Å². The fourth-order valence-corrected chi connectivity index (χ4v) is 6.97. The molecule has 5 aliphatic rings. The zero-order chi connectivity index (χ0) is 15.2. The Balaban J connectivity index is 1.64. The molecule has 0 aromatic carbocycles. The van der Waals surface area contributed by atoms with E-state index in [0.717, 1.165) is 6.42 Å². The molecule has 5 rings (SSSR count). The Morgan fingerprint density at radius 2 is 1.95 bits per heavy atom. The average molecular weight is 305 g/mol. The molecule has 1 N–H and O–H groups in total. The molecule has 2 bridgehead atoms. The summed E-state index contributed by atoms with van der Waals surface area (Å²) in [5.74, 6) is 1.70. The SMILES string of the molecule is CC(C)N1C(=O)C2C3CC4C(OC1(C1CCCCC1)C42)C3O. The van der Waals surface area contributed by atoms with Crippen LogP contribution in [0, 0.1) is 29.6 Å². The summed E-state index contributed by atoms with van der Waals surface area (Å²) in [7, 11) is 0. The minimum absolute atomic E-state index is 0.0115. The van der Waals surface area contributed by atoms with Gasteiger partial charge in [0, 0.05) is 17.9 Å². The average Bonchev–Trinajstić information content (AvgIpc) is 3.16. The van der Waals surface area contributed by atoms with Crippen LogP contribution in [0.1, 0.15) is 52.4 Å². The first kappa shape index (κ1) is 13.8. The summed E-state index contributed by atoms with van der Waals surface area (Å²) in [6.07, 6.45) is 6.78. The third-order valence-corrected chi connectivity index (χ3v) is 7.46. The van der Waals surface area contributed by atoms with Gasteiger partial charge in [-0.1, -0.05) is 19.3 Å². The molecule has 0 aromatic rings. The second kappa shape index (κ2) is 4.27. The summed E-state index contributed by atoms with van der Waals surface area (Å²) in [6.45, 7) is 4.25. The van der Waals surface area contributed by atoms with Gasteiger partial charge in [-0.05, 0) is 44.9 Å². The third kappa shape index (κ3) is 1.32. The maximum absolute atomic E-state index is 13.2. The number of rotatable bonds is 2. The molecule has 3 aliphatic carbocycles. The van der Waals surface area contributed by atoms with E-state index in [0.29, 0.717) is 17.8 Å². The van der Waals surface area contributed by atoms with Gasteiger partial charge in [-0.25, -0.2) is 0 Å². The highest BCUT2D eigenvalue weighted by atomic mass is 16.6. The number of likely N-dealkylation sites (tertiary alicyclic amines) is 1. The quantitative estimate of drug-likeness (QED) is 0.850. The van der Waals surface area contributed by atoms with Crippen molar-refractivity contribution in [3.63, 3.8) is 0 Å². The van der Waals surface area contributed by atoms with E-state index in [1.807, 2.05) is 0 Å². The Labute approximate surface area is 132 Å². The maximum atomic E-state index is 13.2. The van der Waals surface area contributed by atoms with Crippen LogP contribution in [-0.2, 0) is 9.53 Å². The van der Waals surface area contributed by atoms with Gasteiger partial charge in [0.05, 0.1) is 18.1 Å². The number of carbonyl (C=O) groups is 1. The van der Waals surface area contributed by atoms with Crippen molar-refractivity contribution < 1.29 is 14.6 Å². The van der Waals surface area contributed by atoms with Gasteiger partial charge in [0.1, 0.15) is 0 Å². The molecule has 5 fully saturated rings. The van der Waals surface area contributed by atoms with Crippen LogP contribution in [0.5, 0.6) is 0 Å². The molecule has 0 aromatic heterocycles. The Hall–Kier alpha value is -0.610. The highest BCUT2D eigenvalue weighted by molar-refractivity contribution is 5.85. The van der Waals surface area contributed by atoms with Crippen molar-refractivity contribution >= 4 is 5.91 Å². The molecule has 4 nitrogen and oxygen atoms in total. The number of ether oxygens (including phenoxy) is 1. The van der Waals surface area contributed by atoms with Crippen LogP contribution in [0.3, 0.4) is 0 Å². The molecular formula is C18H27NO3. The first-order valence-corrected chi connectivity index (χ1v) is 9.26. The number of nitrogens with zero attached hydrogens (tertiary/aromatic N) is 1. The number of amides is 1. The molecule has 0 spiro atoms. The molecule has 2 aliphatic heterocycles. The number of carbonyl (C=O) groups excluding carboxylic acids is 1. The van der Waals surface area contributed by atoms with Gasteiger partial charge in [-0.15, -0.1) is 0 Å². The Kier molecular flexibility index (Phi) is 2.68. The van der Waals surface area contributed by atoms with Crippen molar-refractivity contribution in [1.29, 1.82) is 0 Å². The standard InChI is InChI=1S/C18H27NO3/c1-9(2)19-17(21)13-11-8-12-14(13)18(19,22-16(12)15(11)20)10-6-4-3-5-7-10/h9-16,20H,3-8H2,1-2H3. The molecule has 3 saturated carbocycles. The van der Waals surface area contributed by atoms with Gasteiger partial charge in [-0.2, -0.15) is 0 Å². The van der Waals surface area contributed by atoms with Gasteiger partial charge < -0.3 is 14.7 Å². The van der Waals surface area contributed by atoms with Gasteiger partial charge in [0.15, 0.2) is 5.72 Å². The van der Waals surface area contributed by atoms with Gasteiger partial charge >= 0.3 is 0 Å². The topological polar surface area (TPSA) is 49.8 Å². The minimum Gasteiger partial charge on any atom is -0.390 e. The summed E-state index contributed by atoms with van der Waals surface area (Å²) in [5, 5.41) is 10.6. The smallest absolute Gasteiger partial charge is 0.229 e. The zero-order valence-electron chi connectivity index (χ0n) is 13.6. The lowest BCUT2D eigenvalue weighted by Crippen LogP contribution is -2.58. The number of fused-ring (bicyclic) bond motifs is 2. The van der Waals surface area contributed by atoms with E-state index in [2.05, 4.69) is 18.7 Å². The first-order valence-electron chi connectivity index (χ1n) is 9.26. The van der Waals surface area contributed by atoms with Crippen molar-refractivity contribution in [1.82, 2.24) is 4.90 Å². The van der Waals surface area contributed by atoms with E-state index in [1.165, 1.54) is 32.1 Å². The number of hydrogen-bond acceptors (Lipinski definition) is 3. The van der Waals surface area contributed by atoms with Crippen LogP contribution in [0.25, 0.3) is 0 Å². The molecule has 2 heterocycles. The first-order chi connectivity index (χ1) is 10.6. The summed E-state index contributed by atoms with van der Waals surface area (Å²) < 4.78 is 6.67. The Morgan fingerprint density at radius 1 is 1.23 bits per heavy atom. The molecule has 7 unspecified atom stereocenters. The molecule has 2 saturated heterocycles. The predicted molar refractivity (Wildman–Crippen MR) is 80.7 cm³/mol. The third-order valence-electron chi connectivity index (χ3n) is 7.46. The lowest BCUT2D eigenvalue weighted by molar-refractivity contribution is -0.207. The van der Waals surface area contributed by atoms with Crippen LogP contribution in [0.4, 0.5) is 0 Å². The van der Waals surface area contributed by atoms with E-state index in [-0.39, 0.29) is 29.9 Å². The van der Waals surface area contributed by atoms with Crippen molar-refractivity contribution in [2.45, 2.75) is 76.3 Å². The van der Waals surface area contributed by atoms with Crippen molar-refractivity contribution in [3.8, 4) is 0 Å². The van der Waals surface area contributed by atoms with Crippen LogP contribution in [0.15, 0.2) is 0 Å². The normalized spacial score (nSPS) is 53.3. The molecule has 1 amide bonds. The molecular weight excluding hydrogens is 278 g/mol. The van der Waals surface area contributed by atoms with Crippen LogP contribution < -0.4 is 0 Å². The zero-order valence-corrected chi connectivity index (χ0v) is 13.6. The fourth-order valence-electron chi connectivity index (χ4n) is 6.97. The Morgan fingerprint density at radius 3 is 2.64 bits per heavy atom. The number of aliphatic hydroxyl groups excluding tert-OH is 1. The number of hydrogen-bond donors (Lipinski definition) is 1. The molecule has 22 heavy (non-hydrogen) atoms. The van der Waals surface area contributed by atoms with E-state index in [4.69, 9.17) is 4.74 Å². The van der Waals surface area contributed by atoms with E-state index < -0.39 is 11.8 Å². The van der Waals surface area contributed by atoms with Crippen LogP contribution in [0.2, 0.25) is 0 Å². The monoisotopic (exact) mass is 305 g/mol. The molecule has 0 radical (unpaired) electrons. The lowest BCUT2D eigenvalue weighted by Gasteiger charge is -2.47. The highest BCUT2D eigenvalue weighted by Gasteiger charge is 2.79.